The third-order valence-electron chi connectivity index (χ3n) is 2.37. The SMILES string of the molecule is CNc1nc(C2COCCO2)nc(C)c1F. The van der Waals surface area contributed by atoms with Gasteiger partial charge in [0.1, 0.15) is 6.10 Å². The molecule has 1 aromatic heterocycles. The number of aromatic nitrogens is 2. The Hall–Kier alpha value is -1.27. The maximum Gasteiger partial charge on any atom is 0.186 e. The number of hydrogen-bond donors (Lipinski definition) is 1. The minimum absolute atomic E-state index is 0.191. The average molecular weight is 227 g/mol. The van der Waals surface area contributed by atoms with Gasteiger partial charge in [0.15, 0.2) is 17.5 Å². The molecule has 0 saturated carbocycles. The van der Waals surface area contributed by atoms with E-state index in [9.17, 15) is 4.39 Å². The highest BCUT2D eigenvalue weighted by molar-refractivity contribution is 5.37. The minimum Gasteiger partial charge on any atom is -0.376 e. The predicted octanol–water partition coefficient (Wildman–Crippen LogP) is 1.05. The summed E-state index contributed by atoms with van der Waals surface area (Å²) in [5, 5.41) is 2.69. The number of nitrogens with one attached hydrogen (secondary N) is 1. The fraction of sp³-hybridized carbons (Fsp3) is 0.600. The van der Waals surface area contributed by atoms with Crippen molar-refractivity contribution in [1.82, 2.24) is 9.97 Å². The van der Waals surface area contributed by atoms with E-state index < -0.39 is 5.82 Å². The molecule has 0 aromatic carbocycles. The van der Waals surface area contributed by atoms with E-state index in [1.165, 1.54) is 0 Å². The number of anilines is 1. The Bertz CT molecular complexity index is 381. The number of nitrogens with zero attached hydrogens (tertiary/aromatic N) is 2. The van der Waals surface area contributed by atoms with Gasteiger partial charge in [0.25, 0.3) is 0 Å². The molecule has 1 N–H and O–H groups in total. The normalized spacial score (nSPS) is 20.8. The molecule has 0 radical (unpaired) electrons. The van der Waals surface area contributed by atoms with Crippen LogP contribution in [-0.4, -0.2) is 36.8 Å². The molecule has 2 heterocycles. The Balaban J connectivity index is 2.29. The van der Waals surface area contributed by atoms with E-state index in [0.717, 1.165) is 0 Å². The van der Waals surface area contributed by atoms with Crippen LogP contribution in [0.4, 0.5) is 10.2 Å². The Labute approximate surface area is 93.0 Å². The molecule has 1 fully saturated rings. The summed E-state index contributed by atoms with van der Waals surface area (Å²) in [4.78, 5) is 8.15. The lowest BCUT2D eigenvalue weighted by Crippen LogP contribution is -2.24. The maximum atomic E-state index is 13.5. The van der Waals surface area contributed by atoms with Crippen molar-refractivity contribution in [3.8, 4) is 0 Å². The van der Waals surface area contributed by atoms with Crippen LogP contribution in [-0.2, 0) is 9.47 Å². The average Bonchev–Trinajstić information content (AvgIpc) is 2.33. The molecule has 88 valence electrons. The standard InChI is InChI=1S/C10H14FN3O2/c1-6-8(11)10(12-2)14-9(13-6)7-5-15-3-4-16-7/h7H,3-5H2,1-2H3,(H,12,13,14). The van der Waals surface area contributed by atoms with Gasteiger partial charge in [-0.3, -0.25) is 0 Å². The lowest BCUT2D eigenvalue weighted by atomic mass is 10.3. The highest BCUT2D eigenvalue weighted by atomic mass is 19.1. The zero-order valence-electron chi connectivity index (χ0n) is 9.29. The molecule has 1 aliphatic rings. The van der Waals surface area contributed by atoms with E-state index in [-0.39, 0.29) is 11.9 Å². The minimum atomic E-state index is -0.428. The van der Waals surface area contributed by atoms with E-state index >= 15 is 0 Å². The molecule has 0 spiro atoms. The van der Waals surface area contributed by atoms with Crippen molar-refractivity contribution in [3.63, 3.8) is 0 Å². The maximum absolute atomic E-state index is 13.5. The summed E-state index contributed by atoms with van der Waals surface area (Å²) in [6.07, 6.45) is -0.305. The van der Waals surface area contributed by atoms with Crippen LogP contribution in [0.1, 0.15) is 17.6 Å². The molecular formula is C10H14FN3O2. The zero-order valence-corrected chi connectivity index (χ0v) is 9.29. The van der Waals surface area contributed by atoms with Crippen molar-refractivity contribution in [2.75, 3.05) is 32.2 Å². The van der Waals surface area contributed by atoms with Gasteiger partial charge in [-0.05, 0) is 6.92 Å². The quantitative estimate of drug-likeness (QED) is 0.818. The van der Waals surface area contributed by atoms with Gasteiger partial charge in [0, 0.05) is 7.05 Å². The highest BCUT2D eigenvalue weighted by Crippen LogP contribution is 2.21. The van der Waals surface area contributed by atoms with Gasteiger partial charge < -0.3 is 14.8 Å². The van der Waals surface area contributed by atoms with Crippen molar-refractivity contribution in [2.45, 2.75) is 13.0 Å². The number of rotatable bonds is 2. The van der Waals surface area contributed by atoms with Crippen LogP contribution < -0.4 is 5.32 Å². The van der Waals surface area contributed by atoms with Crippen molar-refractivity contribution >= 4 is 5.82 Å². The Morgan fingerprint density at radius 1 is 1.38 bits per heavy atom. The molecule has 6 heteroatoms. The van der Waals surface area contributed by atoms with Crippen molar-refractivity contribution < 1.29 is 13.9 Å². The molecule has 16 heavy (non-hydrogen) atoms. The summed E-state index contributed by atoms with van der Waals surface area (Å²) in [7, 11) is 1.62. The number of aryl methyl sites for hydroxylation is 1. The highest BCUT2D eigenvalue weighted by Gasteiger charge is 2.22. The summed E-state index contributed by atoms with van der Waals surface area (Å²) >= 11 is 0. The summed E-state index contributed by atoms with van der Waals surface area (Å²) in [6, 6.07) is 0. The van der Waals surface area contributed by atoms with E-state index in [2.05, 4.69) is 15.3 Å². The molecule has 5 nitrogen and oxygen atoms in total. The molecule has 1 atom stereocenters. The first-order chi connectivity index (χ1) is 7.72. The molecular weight excluding hydrogens is 213 g/mol. The summed E-state index contributed by atoms with van der Waals surface area (Å²) < 4.78 is 24.2. The molecule has 1 saturated heterocycles. The van der Waals surface area contributed by atoms with Crippen molar-refractivity contribution in [1.29, 1.82) is 0 Å². The van der Waals surface area contributed by atoms with E-state index in [1.54, 1.807) is 14.0 Å². The molecule has 0 bridgehead atoms. The number of ether oxygens (including phenoxy) is 2. The van der Waals surface area contributed by atoms with Crippen LogP contribution in [0.25, 0.3) is 0 Å². The van der Waals surface area contributed by atoms with Crippen LogP contribution in [0, 0.1) is 12.7 Å². The third kappa shape index (κ3) is 2.12. The Kier molecular flexibility index (Phi) is 3.31. The second kappa shape index (κ2) is 4.71. The van der Waals surface area contributed by atoms with Crippen LogP contribution >= 0.6 is 0 Å². The second-order valence-corrected chi connectivity index (χ2v) is 3.51. The molecule has 0 amide bonds. The summed E-state index contributed by atoms with van der Waals surface area (Å²) in [5.41, 5.74) is 0.309. The van der Waals surface area contributed by atoms with Crippen molar-refractivity contribution in [3.05, 3.63) is 17.3 Å². The smallest absolute Gasteiger partial charge is 0.186 e. The van der Waals surface area contributed by atoms with Crippen LogP contribution in [0.3, 0.4) is 0 Å². The second-order valence-electron chi connectivity index (χ2n) is 3.51. The first-order valence-electron chi connectivity index (χ1n) is 5.13. The van der Waals surface area contributed by atoms with Crippen molar-refractivity contribution in [2.24, 2.45) is 0 Å². The molecule has 2 rings (SSSR count). The first kappa shape index (κ1) is 11.2. The van der Waals surface area contributed by atoms with Gasteiger partial charge in [-0.2, -0.15) is 0 Å². The zero-order chi connectivity index (χ0) is 11.5. The van der Waals surface area contributed by atoms with Crippen LogP contribution in [0.5, 0.6) is 0 Å². The van der Waals surface area contributed by atoms with E-state index in [0.29, 0.717) is 31.3 Å². The summed E-state index contributed by atoms with van der Waals surface area (Å²) in [6.45, 7) is 3.11. The summed E-state index contributed by atoms with van der Waals surface area (Å²) in [5.74, 6) is 0.225. The van der Waals surface area contributed by atoms with Gasteiger partial charge in [-0.15, -0.1) is 0 Å². The van der Waals surface area contributed by atoms with Gasteiger partial charge in [-0.25, -0.2) is 14.4 Å². The lowest BCUT2D eigenvalue weighted by Gasteiger charge is -2.22. The van der Waals surface area contributed by atoms with Gasteiger partial charge in [-0.1, -0.05) is 0 Å². The Morgan fingerprint density at radius 2 is 2.19 bits per heavy atom. The topological polar surface area (TPSA) is 56.3 Å². The molecule has 1 aliphatic heterocycles. The molecule has 0 aliphatic carbocycles. The lowest BCUT2D eigenvalue weighted by molar-refractivity contribution is -0.0935. The largest absolute Gasteiger partial charge is 0.376 e. The van der Waals surface area contributed by atoms with Gasteiger partial charge in [0.05, 0.1) is 25.5 Å². The number of hydrogen-bond acceptors (Lipinski definition) is 5. The number of halogens is 1. The van der Waals surface area contributed by atoms with E-state index in [4.69, 9.17) is 9.47 Å². The van der Waals surface area contributed by atoms with E-state index in [1.807, 2.05) is 0 Å². The fourth-order valence-electron chi connectivity index (χ4n) is 1.53. The molecule has 1 aromatic rings. The Morgan fingerprint density at radius 3 is 2.81 bits per heavy atom. The fourth-order valence-corrected chi connectivity index (χ4v) is 1.53. The van der Waals surface area contributed by atoms with Gasteiger partial charge >= 0.3 is 0 Å². The third-order valence-corrected chi connectivity index (χ3v) is 2.37. The monoisotopic (exact) mass is 227 g/mol. The van der Waals surface area contributed by atoms with Gasteiger partial charge in [0.2, 0.25) is 0 Å². The van der Waals surface area contributed by atoms with Crippen LogP contribution in [0.2, 0.25) is 0 Å². The first-order valence-corrected chi connectivity index (χ1v) is 5.13. The predicted molar refractivity (Wildman–Crippen MR) is 55.8 cm³/mol. The molecule has 1 unspecified atom stereocenters. The van der Waals surface area contributed by atoms with Crippen LogP contribution in [0.15, 0.2) is 0 Å².